The second-order valence-corrected chi connectivity index (χ2v) is 3.73. The number of carbonyl (C=O) groups is 1. The van der Waals surface area contributed by atoms with Crippen LogP contribution < -0.4 is 0 Å². The standard InChI is InChI=1S/C13H10F2O4/c1-18-13(17)10-6-5-9(19-10)12(16)11-7(14)3-2-4-8(11)15/h2-6,12,16H,1H3. The van der Waals surface area contributed by atoms with Crippen LogP contribution in [0.25, 0.3) is 0 Å². The van der Waals surface area contributed by atoms with Gasteiger partial charge < -0.3 is 14.3 Å². The number of aliphatic hydroxyl groups is 1. The van der Waals surface area contributed by atoms with Crippen LogP contribution in [0, 0.1) is 11.6 Å². The van der Waals surface area contributed by atoms with E-state index < -0.39 is 29.3 Å². The Morgan fingerprint density at radius 3 is 2.47 bits per heavy atom. The average molecular weight is 268 g/mol. The van der Waals surface area contributed by atoms with Crippen molar-refractivity contribution >= 4 is 5.97 Å². The van der Waals surface area contributed by atoms with Crippen LogP contribution in [0.2, 0.25) is 0 Å². The molecule has 0 spiro atoms. The third kappa shape index (κ3) is 2.48. The van der Waals surface area contributed by atoms with E-state index >= 15 is 0 Å². The molecule has 1 N–H and O–H groups in total. The van der Waals surface area contributed by atoms with Gasteiger partial charge in [0.05, 0.1) is 12.7 Å². The van der Waals surface area contributed by atoms with Crippen LogP contribution in [0.3, 0.4) is 0 Å². The molecular weight excluding hydrogens is 258 g/mol. The molecule has 0 radical (unpaired) electrons. The van der Waals surface area contributed by atoms with Crippen LogP contribution in [-0.2, 0) is 4.74 Å². The van der Waals surface area contributed by atoms with E-state index in [4.69, 9.17) is 4.42 Å². The van der Waals surface area contributed by atoms with Crippen LogP contribution in [0.5, 0.6) is 0 Å². The first-order valence-corrected chi connectivity index (χ1v) is 5.34. The number of hydrogen-bond acceptors (Lipinski definition) is 4. The number of aliphatic hydroxyl groups excluding tert-OH is 1. The molecule has 2 rings (SSSR count). The summed E-state index contributed by atoms with van der Waals surface area (Å²) in [4.78, 5) is 11.2. The molecule has 0 saturated carbocycles. The van der Waals surface area contributed by atoms with Gasteiger partial charge in [-0.2, -0.15) is 0 Å². The monoisotopic (exact) mass is 268 g/mol. The highest BCUT2D eigenvalue weighted by molar-refractivity contribution is 5.86. The third-order valence-corrected chi connectivity index (χ3v) is 2.56. The summed E-state index contributed by atoms with van der Waals surface area (Å²) in [5, 5.41) is 9.90. The molecule has 1 aromatic carbocycles. The van der Waals surface area contributed by atoms with Gasteiger partial charge in [-0.25, -0.2) is 13.6 Å². The molecule has 1 unspecified atom stereocenters. The minimum absolute atomic E-state index is 0.149. The number of furan rings is 1. The summed E-state index contributed by atoms with van der Waals surface area (Å²) in [5.41, 5.74) is -0.534. The summed E-state index contributed by atoms with van der Waals surface area (Å²) in [6.07, 6.45) is -1.64. The number of esters is 1. The van der Waals surface area contributed by atoms with Crippen molar-refractivity contribution in [3.8, 4) is 0 Å². The molecule has 1 aromatic heterocycles. The maximum absolute atomic E-state index is 13.5. The molecule has 0 aliphatic rings. The van der Waals surface area contributed by atoms with E-state index in [1.54, 1.807) is 0 Å². The Morgan fingerprint density at radius 1 is 1.26 bits per heavy atom. The van der Waals surface area contributed by atoms with Crippen LogP contribution >= 0.6 is 0 Å². The minimum Gasteiger partial charge on any atom is -0.463 e. The van der Waals surface area contributed by atoms with E-state index in [9.17, 15) is 18.7 Å². The smallest absolute Gasteiger partial charge is 0.373 e. The fraction of sp³-hybridized carbons (Fsp3) is 0.154. The summed E-state index contributed by atoms with van der Waals surface area (Å²) in [5.74, 6) is -2.85. The highest BCUT2D eigenvalue weighted by Gasteiger charge is 2.23. The molecule has 0 aliphatic heterocycles. The lowest BCUT2D eigenvalue weighted by molar-refractivity contribution is 0.0557. The molecule has 19 heavy (non-hydrogen) atoms. The Bertz CT molecular complexity index is 586. The summed E-state index contributed by atoms with van der Waals surface area (Å²) >= 11 is 0. The maximum Gasteiger partial charge on any atom is 0.373 e. The second kappa shape index (κ2) is 5.19. The molecule has 1 heterocycles. The number of benzene rings is 1. The van der Waals surface area contributed by atoms with Crippen molar-refractivity contribution in [1.82, 2.24) is 0 Å². The molecule has 4 nitrogen and oxygen atoms in total. The van der Waals surface area contributed by atoms with Crippen molar-refractivity contribution in [3.05, 3.63) is 59.1 Å². The molecule has 0 amide bonds. The molecule has 0 fully saturated rings. The van der Waals surface area contributed by atoms with Gasteiger partial charge in [0.15, 0.2) is 0 Å². The minimum atomic E-state index is -1.64. The van der Waals surface area contributed by atoms with Crippen LogP contribution in [0.15, 0.2) is 34.7 Å². The Balaban J connectivity index is 2.36. The van der Waals surface area contributed by atoms with Gasteiger partial charge in [0.2, 0.25) is 5.76 Å². The first-order valence-electron chi connectivity index (χ1n) is 5.34. The number of rotatable bonds is 3. The van der Waals surface area contributed by atoms with Gasteiger partial charge >= 0.3 is 5.97 Å². The molecule has 2 aromatic rings. The number of halogens is 2. The number of methoxy groups -OCH3 is 1. The number of ether oxygens (including phenoxy) is 1. The highest BCUT2D eigenvalue weighted by atomic mass is 19.1. The first-order chi connectivity index (χ1) is 9.04. The lowest BCUT2D eigenvalue weighted by Gasteiger charge is -2.10. The maximum atomic E-state index is 13.5. The topological polar surface area (TPSA) is 59.7 Å². The Labute approximate surface area is 107 Å². The van der Waals surface area contributed by atoms with Crippen molar-refractivity contribution < 1.29 is 27.8 Å². The second-order valence-electron chi connectivity index (χ2n) is 3.73. The van der Waals surface area contributed by atoms with Crippen molar-refractivity contribution in [2.45, 2.75) is 6.10 Å². The van der Waals surface area contributed by atoms with Crippen molar-refractivity contribution in [1.29, 1.82) is 0 Å². The van der Waals surface area contributed by atoms with E-state index in [-0.39, 0.29) is 11.5 Å². The summed E-state index contributed by atoms with van der Waals surface area (Å²) < 4.78 is 36.4. The molecular formula is C13H10F2O4. The predicted molar refractivity (Wildman–Crippen MR) is 60.5 cm³/mol. The quantitative estimate of drug-likeness (QED) is 0.868. The van der Waals surface area contributed by atoms with Crippen LogP contribution in [0.1, 0.15) is 28.0 Å². The molecule has 0 saturated heterocycles. The third-order valence-electron chi connectivity index (χ3n) is 2.56. The Morgan fingerprint density at radius 2 is 1.89 bits per heavy atom. The van der Waals surface area contributed by atoms with E-state index in [0.717, 1.165) is 19.2 Å². The van der Waals surface area contributed by atoms with Crippen molar-refractivity contribution in [2.75, 3.05) is 7.11 Å². The van der Waals surface area contributed by atoms with Gasteiger partial charge in [0.25, 0.3) is 0 Å². The van der Waals surface area contributed by atoms with E-state index in [1.807, 2.05) is 0 Å². The van der Waals surface area contributed by atoms with Crippen LogP contribution in [0.4, 0.5) is 8.78 Å². The predicted octanol–water partition coefficient (Wildman–Crippen LogP) is 2.43. The van der Waals surface area contributed by atoms with E-state index in [2.05, 4.69) is 4.74 Å². The van der Waals surface area contributed by atoms with E-state index in [0.29, 0.717) is 0 Å². The lowest BCUT2D eigenvalue weighted by Crippen LogP contribution is -2.05. The summed E-state index contributed by atoms with van der Waals surface area (Å²) in [6.45, 7) is 0. The number of hydrogen-bond donors (Lipinski definition) is 1. The molecule has 0 bridgehead atoms. The van der Waals surface area contributed by atoms with Crippen molar-refractivity contribution in [3.63, 3.8) is 0 Å². The zero-order chi connectivity index (χ0) is 14.0. The fourth-order valence-electron chi connectivity index (χ4n) is 1.62. The molecule has 0 aliphatic carbocycles. The zero-order valence-electron chi connectivity index (χ0n) is 9.89. The van der Waals surface area contributed by atoms with E-state index in [1.165, 1.54) is 18.2 Å². The zero-order valence-corrected chi connectivity index (χ0v) is 9.89. The van der Waals surface area contributed by atoms with Gasteiger partial charge in [-0.1, -0.05) is 6.07 Å². The lowest BCUT2D eigenvalue weighted by atomic mass is 10.1. The van der Waals surface area contributed by atoms with Gasteiger partial charge in [-0.05, 0) is 24.3 Å². The largest absolute Gasteiger partial charge is 0.463 e. The summed E-state index contributed by atoms with van der Waals surface area (Å²) in [6, 6.07) is 5.73. The van der Waals surface area contributed by atoms with Gasteiger partial charge in [-0.15, -0.1) is 0 Å². The molecule has 100 valence electrons. The average Bonchev–Trinajstić information content (AvgIpc) is 2.87. The normalized spacial score (nSPS) is 12.2. The fourth-order valence-corrected chi connectivity index (χ4v) is 1.62. The van der Waals surface area contributed by atoms with Crippen molar-refractivity contribution in [2.24, 2.45) is 0 Å². The summed E-state index contributed by atoms with van der Waals surface area (Å²) in [7, 11) is 1.16. The van der Waals surface area contributed by atoms with Gasteiger partial charge in [-0.3, -0.25) is 0 Å². The number of carbonyl (C=O) groups excluding carboxylic acids is 1. The van der Waals surface area contributed by atoms with Gasteiger partial charge in [0, 0.05) is 0 Å². The molecule has 1 atom stereocenters. The first kappa shape index (κ1) is 13.2. The molecule has 6 heteroatoms. The Hall–Kier alpha value is -2.21. The van der Waals surface area contributed by atoms with Gasteiger partial charge in [0.1, 0.15) is 23.5 Å². The Kier molecular flexibility index (Phi) is 3.62. The SMILES string of the molecule is COC(=O)c1ccc(C(O)c2c(F)cccc2F)o1. The highest BCUT2D eigenvalue weighted by Crippen LogP contribution is 2.28. The van der Waals surface area contributed by atoms with Crippen LogP contribution in [-0.4, -0.2) is 18.2 Å².